The molecule has 2 heterocycles. The summed E-state index contributed by atoms with van der Waals surface area (Å²) < 4.78 is 32.0. The van der Waals surface area contributed by atoms with Crippen molar-refractivity contribution in [2.45, 2.75) is 25.2 Å². The third-order valence-electron chi connectivity index (χ3n) is 5.08. The highest BCUT2D eigenvalue weighted by Gasteiger charge is 2.30. The fourth-order valence-electron chi connectivity index (χ4n) is 3.46. The molecule has 1 aliphatic rings. The Hall–Kier alpha value is -2.01. The van der Waals surface area contributed by atoms with Gasteiger partial charge in [0.1, 0.15) is 5.00 Å². The molecular weight excluding hydrogens is 442 g/mol. The average molecular weight is 468 g/mol. The van der Waals surface area contributed by atoms with Crippen LogP contribution in [0.1, 0.15) is 27.7 Å². The number of thiophene rings is 1. The van der Waals surface area contributed by atoms with Crippen molar-refractivity contribution in [3.05, 3.63) is 46.3 Å². The molecule has 7 nitrogen and oxygen atoms in total. The van der Waals surface area contributed by atoms with Gasteiger partial charge in [-0.15, -0.1) is 11.3 Å². The first kappa shape index (κ1) is 22.7. The van der Waals surface area contributed by atoms with Crippen LogP contribution in [0.3, 0.4) is 0 Å². The van der Waals surface area contributed by atoms with Crippen LogP contribution in [0.4, 0.5) is 5.00 Å². The van der Waals surface area contributed by atoms with E-state index in [-0.39, 0.29) is 5.97 Å². The molecule has 3 rings (SSSR count). The maximum Gasteiger partial charge on any atom is 0.341 e. The van der Waals surface area contributed by atoms with Crippen LogP contribution in [0.5, 0.6) is 0 Å². The van der Waals surface area contributed by atoms with Gasteiger partial charge in [-0.2, -0.15) is 4.31 Å². The predicted molar refractivity (Wildman–Crippen MR) is 123 cm³/mol. The lowest BCUT2D eigenvalue weighted by molar-refractivity contribution is 0.0601. The number of hydrogen-bond acceptors (Lipinski definition) is 6. The second kappa shape index (κ2) is 9.42. The van der Waals surface area contributed by atoms with Crippen LogP contribution in [0, 0.1) is 6.92 Å². The minimum Gasteiger partial charge on any atom is -0.465 e. The van der Waals surface area contributed by atoms with E-state index in [2.05, 4.69) is 5.32 Å². The number of anilines is 1. The number of sulfonamides is 1. The van der Waals surface area contributed by atoms with Crippen molar-refractivity contribution in [1.82, 2.24) is 9.21 Å². The van der Waals surface area contributed by atoms with Crippen LogP contribution in [-0.2, 0) is 21.2 Å². The second-order valence-electron chi connectivity index (χ2n) is 6.82. The number of aryl methyl sites for hydroxylation is 1. The zero-order valence-electron chi connectivity index (χ0n) is 17.2. The lowest BCUT2D eigenvalue weighted by Gasteiger charge is -2.35. The Kier molecular flexibility index (Phi) is 7.12. The summed E-state index contributed by atoms with van der Waals surface area (Å²) in [5, 5.41) is 4.32. The third-order valence-corrected chi connectivity index (χ3v) is 8.42. The van der Waals surface area contributed by atoms with Gasteiger partial charge in [-0.3, -0.25) is 0 Å². The summed E-state index contributed by atoms with van der Waals surface area (Å²) in [6, 6.07) is 8.43. The number of carbonyl (C=O) groups excluding carboxylic acids is 1. The number of nitrogens with one attached hydrogen (secondary N) is 1. The molecule has 10 heteroatoms. The van der Waals surface area contributed by atoms with E-state index in [4.69, 9.17) is 17.0 Å². The molecule has 162 valence electrons. The summed E-state index contributed by atoms with van der Waals surface area (Å²) in [5.41, 5.74) is 1.48. The predicted octanol–water partition coefficient (Wildman–Crippen LogP) is 3.11. The van der Waals surface area contributed by atoms with E-state index in [1.54, 1.807) is 30.3 Å². The molecule has 0 aliphatic carbocycles. The molecule has 0 radical (unpaired) electrons. The molecule has 1 aliphatic heterocycles. The summed E-state index contributed by atoms with van der Waals surface area (Å²) in [6.45, 7) is 5.58. The Balaban J connectivity index is 1.69. The Morgan fingerprint density at radius 2 is 1.83 bits per heavy atom. The SMILES string of the molecule is CCc1c(C)sc(NC(=S)N2CCN(S(=O)(=O)c3ccccc3)CC2)c1C(=O)OC. The van der Waals surface area contributed by atoms with Gasteiger partial charge in [0.15, 0.2) is 5.11 Å². The number of benzene rings is 1. The molecule has 0 bridgehead atoms. The van der Waals surface area contributed by atoms with Gasteiger partial charge in [0.05, 0.1) is 17.6 Å². The molecule has 0 atom stereocenters. The monoisotopic (exact) mass is 467 g/mol. The van der Waals surface area contributed by atoms with Crippen LogP contribution in [0.15, 0.2) is 35.2 Å². The summed E-state index contributed by atoms with van der Waals surface area (Å²) in [6.07, 6.45) is 0.719. The Morgan fingerprint density at radius 1 is 1.20 bits per heavy atom. The fourth-order valence-corrected chi connectivity index (χ4v) is 6.38. The minimum absolute atomic E-state index is 0.294. The van der Waals surface area contributed by atoms with E-state index in [1.807, 2.05) is 18.7 Å². The third kappa shape index (κ3) is 4.51. The van der Waals surface area contributed by atoms with E-state index >= 15 is 0 Å². The second-order valence-corrected chi connectivity index (χ2v) is 10.4. The maximum absolute atomic E-state index is 12.8. The van der Waals surface area contributed by atoms with Gasteiger partial charge in [-0.05, 0) is 43.3 Å². The van der Waals surface area contributed by atoms with Crippen molar-refractivity contribution in [2.24, 2.45) is 0 Å². The van der Waals surface area contributed by atoms with Gasteiger partial charge in [-0.1, -0.05) is 25.1 Å². The number of methoxy groups -OCH3 is 1. The van der Waals surface area contributed by atoms with Gasteiger partial charge in [0.2, 0.25) is 10.0 Å². The van der Waals surface area contributed by atoms with E-state index in [0.717, 1.165) is 16.9 Å². The highest BCUT2D eigenvalue weighted by Crippen LogP contribution is 2.34. The van der Waals surface area contributed by atoms with Crippen molar-refractivity contribution in [3.63, 3.8) is 0 Å². The molecule has 1 aromatic carbocycles. The lowest BCUT2D eigenvalue weighted by Crippen LogP contribution is -2.51. The molecule has 0 amide bonds. The molecule has 1 saturated heterocycles. The van der Waals surface area contributed by atoms with Crippen molar-refractivity contribution >= 4 is 49.7 Å². The molecule has 1 N–H and O–H groups in total. The van der Waals surface area contributed by atoms with Crippen LogP contribution in [0.25, 0.3) is 0 Å². The number of nitrogens with zero attached hydrogens (tertiary/aromatic N) is 2. The number of esters is 1. The zero-order valence-corrected chi connectivity index (χ0v) is 19.6. The van der Waals surface area contributed by atoms with Gasteiger partial charge >= 0.3 is 5.97 Å². The zero-order chi connectivity index (χ0) is 21.9. The van der Waals surface area contributed by atoms with Crippen LogP contribution in [-0.4, -0.2) is 62.0 Å². The summed E-state index contributed by atoms with van der Waals surface area (Å²) in [7, 11) is -2.15. The minimum atomic E-state index is -3.51. The molecule has 2 aromatic rings. The van der Waals surface area contributed by atoms with Crippen molar-refractivity contribution < 1.29 is 17.9 Å². The molecule has 0 unspecified atom stereocenters. The number of carbonyl (C=O) groups is 1. The summed E-state index contributed by atoms with van der Waals surface area (Å²) >= 11 is 7.03. The largest absolute Gasteiger partial charge is 0.465 e. The lowest BCUT2D eigenvalue weighted by atomic mass is 10.1. The highest BCUT2D eigenvalue weighted by atomic mass is 32.2. The number of thiocarbonyl (C=S) groups is 1. The summed E-state index contributed by atoms with van der Waals surface area (Å²) in [5.74, 6) is -0.389. The first-order chi connectivity index (χ1) is 14.3. The number of rotatable bonds is 5. The molecule has 0 saturated carbocycles. The smallest absolute Gasteiger partial charge is 0.341 e. The molecule has 1 fully saturated rings. The average Bonchev–Trinajstić information content (AvgIpc) is 3.08. The standard InChI is InChI=1S/C20H25N3O4S3/c1-4-16-14(2)29-18(17(16)19(24)27-3)21-20(28)22-10-12-23(13-11-22)30(25,26)15-8-6-5-7-9-15/h5-9H,4,10-13H2,1-3H3,(H,21,28). The van der Waals surface area contributed by atoms with E-state index in [0.29, 0.717) is 46.8 Å². The van der Waals surface area contributed by atoms with E-state index in [9.17, 15) is 13.2 Å². The number of ether oxygens (including phenoxy) is 1. The van der Waals surface area contributed by atoms with Crippen molar-refractivity contribution in [1.29, 1.82) is 0 Å². The Morgan fingerprint density at radius 3 is 2.40 bits per heavy atom. The summed E-state index contributed by atoms with van der Waals surface area (Å²) in [4.78, 5) is 15.6. The fraction of sp³-hybridized carbons (Fsp3) is 0.400. The molecule has 30 heavy (non-hydrogen) atoms. The Bertz CT molecular complexity index is 1030. The highest BCUT2D eigenvalue weighted by molar-refractivity contribution is 7.89. The van der Waals surface area contributed by atoms with Crippen LogP contribution in [0.2, 0.25) is 0 Å². The van der Waals surface area contributed by atoms with Gasteiger partial charge in [0, 0.05) is 31.1 Å². The normalized spacial score (nSPS) is 15.1. The maximum atomic E-state index is 12.8. The number of piperazine rings is 1. The van der Waals surface area contributed by atoms with Crippen LogP contribution >= 0.6 is 23.6 Å². The van der Waals surface area contributed by atoms with Crippen LogP contribution < -0.4 is 5.32 Å². The Labute approximate surface area is 186 Å². The van der Waals surface area contributed by atoms with Crippen molar-refractivity contribution in [3.8, 4) is 0 Å². The molecule has 0 spiro atoms. The topological polar surface area (TPSA) is 79.0 Å². The van der Waals surface area contributed by atoms with Gasteiger partial charge < -0.3 is 15.0 Å². The van der Waals surface area contributed by atoms with E-state index in [1.165, 1.54) is 22.8 Å². The molecule has 1 aromatic heterocycles. The van der Waals surface area contributed by atoms with Crippen molar-refractivity contribution in [2.75, 3.05) is 38.6 Å². The van der Waals surface area contributed by atoms with Gasteiger partial charge in [-0.25, -0.2) is 13.2 Å². The quantitative estimate of drug-likeness (QED) is 0.535. The number of hydrogen-bond donors (Lipinski definition) is 1. The first-order valence-electron chi connectivity index (χ1n) is 9.61. The molecular formula is C20H25N3O4S3. The van der Waals surface area contributed by atoms with Gasteiger partial charge in [0.25, 0.3) is 0 Å². The first-order valence-corrected chi connectivity index (χ1v) is 12.3. The van der Waals surface area contributed by atoms with E-state index < -0.39 is 10.0 Å².